The summed E-state index contributed by atoms with van der Waals surface area (Å²) in [5, 5.41) is 8.38. The van der Waals surface area contributed by atoms with Crippen LogP contribution in [0.25, 0.3) is 0 Å². The summed E-state index contributed by atoms with van der Waals surface area (Å²) in [5.41, 5.74) is 7.63. The van der Waals surface area contributed by atoms with Crippen LogP contribution in [0.15, 0.2) is 35.7 Å². The molecule has 0 spiro atoms. The Balaban J connectivity index is 1.84. The van der Waals surface area contributed by atoms with E-state index in [1.165, 1.54) is 11.3 Å². The number of nitrogens with one attached hydrogen (secondary N) is 2. The predicted octanol–water partition coefficient (Wildman–Crippen LogP) is 2.38. The van der Waals surface area contributed by atoms with Gasteiger partial charge < -0.3 is 16.4 Å². The lowest BCUT2D eigenvalue weighted by atomic mass is 9.90. The van der Waals surface area contributed by atoms with Crippen LogP contribution in [0.5, 0.6) is 0 Å². The first kappa shape index (κ1) is 13.6. The number of carbonyl (C=O) groups is 2. The Morgan fingerprint density at radius 1 is 1.29 bits per heavy atom. The first-order chi connectivity index (χ1) is 10.2. The third kappa shape index (κ3) is 2.62. The van der Waals surface area contributed by atoms with Crippen molar-refractivity contribution in [2.75, 3.05) is 17.2 Å². The Morgan fingerprint density at radius 3 is 2.90 bits per heavy atom. The smallest absolute Gasteiger partial charge is 0.251 e. The lowest BCUT2D eigenvalue weighted by Gasteiger charge is -2.25. The van der Waals surface area contributed by atoms with E-state index in [0.29, 0.717) is 10.6 Å². The molecule has 0 bridgehead atoms. The molecule has 3 rings (SSSR count). The van der Waals surface area contributed by atoms with E-state index in [0.717, 1.165) is 24.2 Å². The number of nitrogens with two attached hydrogens (primary N) is 1. The molecule has 0 aliphatic carbocycles. The number of thiophene rings is 1. The van der Waals surface area contributed by atoms with E-state index in [-0.39, 0.29) is 11.8 Å². The fourth-order valence-corrected chi connectivity index (χ4v) is 3.34. The molecular formula is C15H15N3O2S. The molecule has 1 aromatic heterocycles. The van der Waals surface area contributed by atoms with Gasteiger partial charge in [0, 0.05) is 12.2 Å². The normalized spacial score (nSPS) is 16.7. The summed E-state index contributed by atoms with van der Waals surface area (Å²) in [6.07, 6.45) is 0.722. The zero-order valence-corrected chi connectivity index (χ0v) is 12.1. The molecule has 0 saturated heterocycles. The quantitative estimate of drug-likeness (QED) is 0.814. The van der Waals surface area contributed by atoms with Crippen molar-refractivity contribution >= 4 is 33.8 Å². The van der Waals surface area contributed by atoms with Crippen molar-refractivity contribution in [1.82, 2.24) is 0 Å². The molecule has 2 heterocycles. The van der Waals surface area contributed by atoms with Gasteiger partial charge >= 0.3 is 0 Å². The van der Waals surface area contributed by atoms with E-state index in [9.17, 15) is 9.59 Å². The summed E-state index contributed by atoms with van der Waals surface area (Å²) < 4.78 is 0. The topological polar surface area (TPSA) is 84.2 Å². The second kappa shape index (κ2) is 5.57. The number of rotatable bonds is 3. The van der Waals surface area contributed by atoms with Gasteiger partial charge in [-0.2, -0.15) is 0 Å². The van der Waals surface area contributed by atoms with Crippen LogP contribution in [0, 0.1) is 0 Å². The summed E-state index contributed by atoms with van der Waals surface area (Å²) in [4.78, 5) is 23.8. The van der Waals surface area contributed by atoms with Crippen molar-refractivity contribution in [3.05, 3.63) is 46.8 Å². The molecular weight excluding hydrogens is 286 g/mol. The number of fused-ring (bicyclic) bond motifs is 1. The van der Waals surface area contributed by atoms with Gasteiger partial charge in [-0.25, -0.2) is 0 Å². The second-order valence-corrected chi connectivity index (χ2v) is 5.79. The fourth-order valence-electron chi connectivity index (χ4n) is 2.54. The van der Waals surface area contributed by atoms with E-state index >= 15 is 0 Å². The minimum atomic E-state index is -0.530. The van der Waals surface area contributed by atoms with Gasteiger partial charge in [-0.05, 0) is 29.5 Å². The summed E-state index contributed by atoms with van der Waals surface area (Å²) in [5.74, 6) is -0.851. The minimum absolute atomic E-state index is 0.103. The monoisotopic (exact) mass is 301 g/mol. The molecule has 5 nitrogen and oxygen atoms in total. The van der Waals surface area contributed by atoms with Crippen LogP contribution in [0.2, 0.25) is 0 Å². The first-order valence-electron chi connectivity index (χ1n) is 6.68. The Morgan fingerprint density at radius 2 is 2.10 bits per heavy atom. The number of anilines is 2. The zero-order chi connectivity index (χ0) is 14.8. The molecule has 2 amide bonds. The highest BCUT2D eigenvalue weighted by molar-refractivity contribution is 7.14. The number of benzene rings is 1. The predicted molar refractivity (Wildman–Crippen MR) is 83.8 cm³/mol. The lowest BCUT2D eigenvalue weighted by Crippen LogP contribution is -2.28. The number of hydrogen-bond donors (Lipinski definition) is 3. The highest BCUT2D eigenvalue weighted by Crippen LogP contribution is 2.33. The summed E-state index contributed by atoms with van der Waals surface area (Å²) in [6, 6.07) is 9.41. The highest BCUT2D eigenvalue weighted by Gasteiger charge is 2.27. The maximum absolute atomic E-state index is 12.5. The molecule has 1 aromatic carbocycles. The van der Waals surface area contributed by atoms with E-state index in [1.807, 2.05) is 24.3 Å². The maximum atomic E-state index is 12.5. The molecule has 108 valence electrons. The number of primary amides is 1. The number of para-hydroxylation sites is 1. The molecule has 1 aliphatic rings. The Kier molecular flexibility index (Phi) is 3.62. The van der Waals surface area contributed by atoms with Crippen molar-refractivity contribution in [3.8, 4) is 0 Å². The van der Waals surface area contributed by atoms with Crippen molar-refractivity contribution in [1.29, 1.82) is 0 Å². The molecule has 0 radical (unpaired) electrons. The van der Waals surface area contributed by atoms with Crippen LogP contribution in [0.1, 0.15) is 28.3 Å². The molecule has 0 saturated carbocycles. The van der Waals surface area contributed by atoms with Gasteiger partial charge in [-0.15, -0.1) is 11.3 Å². The highest BCUT2D eigenvalue weighted by atomic mass is 32.1. The zero-order valence-electron chi connectivity index (χ0n) is 11.3. The van der Waals surface area contributed by atoms with Gasteiger partial charge in [0.15, 0.2) is 0 Å². The summed E-state index contributed by atoms with van der Waals surface area (Å²) in [6.45, 7) is 0.752. The van der Waals surface area contributed by atoms with Gasteiger partial charge in [-0.3, -0.25) is 9.59 Å². The van der Waals surface area contributed by atoms with Crippen LogP contribution in [0.3, 0.4) is 0 Å². The first-order valence-corrected chi connectivity index (χ1v) is 7.55. The van der Waals surface area contributed by atoms with Crippen LogP contribution in [0.4, 0.5) is 10.7 Å². The fraction of sp³-hybridized carbons (Fsp3) is 0.200. The van der Waals surface area contributed by atoms with Gasteiger partial charge in [-0.1, -0.05) is 18.2 Å². The van der Waals surface area contributed by atoms with Crippen LogP contribution < -0.4 is 16.4 Å². The molecule has 4 N–H and O–H groups in total. The minimum Gasteiger partial charge on any atom is -0.385 e. The molecule has 2 aromatic rings. The SMILES string of the molecule is NC(=O)c1ccsc1NC(=O)C1CCNc2ccccc21. The van der Waals surface area contributed by atoms with Crippen LogP contribution in [-0.4, -0.2) is 18.4 Å². The summed E-state index contributed by atoms with van der Waals surface area (Å²) in [7, 11) is 0. The molecule has 0 fully saturated rings. The van der Waals surface area contributed by atoms with Gasteiger partial charge in [0.1, 0.15) is 5.00 Å². The van der Waals surface area contributed by atoms with Crippen molar-refractivity contribution in [3.63, 3.8) is 0 Å². The summed E-state index contributed by atoms with van der Waals surface area (Å²) >= 11 is 1.30. The Bertz CT molecular complexity index is 696. The van der Waals surface area contributed by atoms with E-state index in [2.05, 4.69) is 10.6 Å². The Hall–Kier alpha value is -2.34. The van der Waals surface area contributed by atoms with Crippen molar-refractivity contribution in [2.45, 2.75) is 12.3 Å². The van der Waals surface area contributed by atoms with E-state index in [1.54, 1.807) is 11.4 Å². The van der Waals surface area contributed by atoms with E-state index in [4.69, 9.17) is 5.73 Å². The number of carbonyl (C=O) groups excluding carboxylic acids is 2. The third-order valence-corrected chi connectivity index (χ3v) is 4.40. The number of hydrogen-bond acceptors (Lipinski definition) is 4. The molecule has 1 atom stereocenters. The van der Waals surface area contributed by atoms with E-state index < -0.39 is 5.91 Å². The third-order valence-electron chi connectivity index (χ3n) is 3.57. The van der Waals surface area contributed by atoms with Gasteiger partial charge in [0.25, 0.3) is 5.91 Å². The van der Waals surface area contributed by atoms with Gasteiger partial charge in [0.05, 0.1) is 11.5 Å². The molecule has 21 heavy (non-hydrogen) atoms. The largest absolute Gasteiger partial charge is 0.385 e. The van der Waals surface area contributed by atoms with Crippen LogP contribution in [-0.2, 0) is 4.79 Å². The lowest BCUT2D eigenvalue weighted by molar-refractivity contribution is -0.117. The average Bonchev–Trinajstić information content (AvgIpc) is 2.95. The van der Waals surface area contributed by atoms with Crippen LogP contribution >= 0.6 is 11.3 Å². The average molecular weight is 301 g/mol. The molecule has 6 heteroatoms. The maximum Gasteiger partial charge on any atom is 0.251 e. The standard InChI is InChI=1S/C15H15N3O2S/c16-13(19)11-6-8-21-15(11)18-14(20)10-5-7-17-12-4-2-1-3-9(10)12/h1-4,6,8,10,17H,5,7H2,(H2,16,19)(H,18,20). The van der Waals surface area contributed by atoms with Crippen molar-refractivity contribution < 1.29 is 9.59 Å². The second-order valence-electron chi connectivity index (χ2n) is 4.87. The van der Waals surface area contributed by atoms with Gasteiger partial charge in [0.2, 0.25) is 5.91 Å². The number of amides is 2. The molecule has 1 unspecified atom stereocenters. The van der Waals surface area contributed by atoms with Crippen molar-refractivity contribution in [2.24, 2.45) is 5.73 Å². The molecule has 1 aliphatic heterocycles. The Labute approximate surface area is 126 Å².